The van der Waals surface area contributed by atoms with Gasteiger partial charge in [0.25, 0.3) is 0 Å². The van der Waals surface area contributed by atoms with Crippen molar-refractivity contribution < 1.29 is 13.6 Å². The van der Waals surface area contributed by atoms with E-state index in [0.29, 0.717) is 18.7 Å². The van der Waals surface area contributed by atoms with E-state index in [9.17, 15) is 13.6 Å². The van der Waals surface area contributed by atoms with Gasteiger partial charge in [-0.05, 0) is 13.0 Å². The van der Waals surface area contributed by atoms with Gasteiger partial charge < -0.3 is 10.2 Å². The van der Waals surface area contributed by atoms with E-state index in [1.165, 1.54) is 12.1 Å². The van der Waals surface area contributed by atoms with Gasteiger partial charge in [0.1, 0.15) is 11.6 Å². The van der Waals surface area contributed by atoms with Crippen LogP contribution in [0.1, 0.15) is 12.5 Å². The highest BCUT2D eigenvalue weighted by Gasteiger charge is 2.25. The molecule has 0 aliphatic carbocycles. The first-order valence-corrected chi connectivity index (χ1v) is 5.54. The van der Waals surface area contributed by atoms with E-state index >= 15 is 0 Å². The van der Waals surface area contributed by atoms with Gasteiger partial charge in [-0.1, -0.05) is 6.07 Å². The lowest BCUT2D eigenvalue weighted by molar-refractivity contribution is -0.135. The zero-order valence-corrected chi connectivity index (χ0v) is 9.54. The molecule has 17 heavy (non-hydrogen) atoms. The molecule has 1 heterocycles. The predicted molar refractivity (Wildman–Crippen MR) is 59.2 cm³/mol. The third kappa shape index (κ3) is 2.61. The minimum Gasteiger partial charge on any atom is -0.336 e. The first-order chi connectivity index (χ1) is 8.08. The van der Waals surface area contributed by atoms with Gasteiger partial charge in [0.15, 0.2) is 0 Å². The summed E-state index contributed by atoms with van der Waals surface area (Å²) in [6.45, 7) is 3.20. The van der Waals surface area contributed by atoms with E-state index in [1.807, 2.05) is 0 Å². The lowest BCUT2D eigenvalue weighted by Gasteiger charge is -2.31. The number of hydrogen-bond acceptors (Lipinski definition) is 2. The molecule has 1 aliphatic heterocycles. The summed E-state index contributed by atoms with van der Waals surface area (Å²) in [5, 5.41) is 3.03. The summed E-state index contributed by atoms with van der Waals surface area (Å²) in [4.78, 5) is 13.4. The second kappa shape index (κ2) is 4.79. The number of carbonyl (C=O) groups is 1. The zero-order chi connectivity index (χ0) is 12.4. The van der Waals surface area contributed by atoms with Crippen molar-refractivity contribution in [3.05, 3.63) is 35.4 Å². The number of piperazine rings is 1. The van der Waals surface area contributed by atoms with Gasteiger partial charge >= 0.3 is 0 Å². The molecule has 1 aromatic rings. The minimum absolute atomic E-state index is 0.0556. The molecule has 0 saturated carbocycles. The standard InChI is InChI=1S/C12H14F2N2O/c1-8-12(17)16(5-4-15-8)7-9-2-3-10(13)6-11(9)14/h2-3,6,8,15H,4-5,7H2,1H3. The van der Waals surface area contributed by atoms with E-state index in [-0.39, 0.29) is 18.5 Å². The maximum atomic E-state index is 13.4. The van der Waals surface area contributed by atoms with Crippen molar-refractivity contribution in [3.63, 3.8) is 0 Å². The topological polar surface area (TPSA) is 32.3 Å². The maximum absolute atomic E-state index is 13.4. The van der Waals surface area contributed by atoms with Crippen LogP contribution < -0.4 is 5.32 Å². The molecule has 1 N–H and O–H groups in total. The SMILES string of the molecule is CC1NCCN(Cc2ccc(F)cc2F)C1=O. The monoisotopic (exact) mass is 240 g/mol. The largest absolute Gasteiger partial charge is 0.336 e. The summed E-state index contributed by atoms with van der Waals surface area (Å²) >= 11 is 0. The molecule has 2 rings (SSSR count). The van der Waals surface area contributed by atoms with Crippen LogP contribution in [0.2, 0.25) is 0 Å². The fourth-order valence-electron chi connectivity index (χ4n) is 1.90. The van der Waals surface area contributed by atoms with Crippen LogP contribution in [0.4, 0.5) is 8.78 Å². The molecule has 1 unspecified atom stereocenters. The number of rotatable bonds is 2. The van der Waals surface area contributed by atoms with Gasteiger partial charge in [0.2, 0.25) is 5.91 Å². The first-order valence-electron chi connectivity index (χ1n) is 5.54. The van der Waals surface area contributed by atoms with E-state index in [4.69, 9.17) is 0 Å². The van der Waals surface area contributed by atoms with Crippen molar-refractivity contribution in [2.45, 2.75) is 19.5 Å². The normalized spacial score (nSPS) is 20.8. The number of halogens is 2. The molecule has 1 fully saturated rings. The van der Waals surface area contributed by atoms with Crippen molar-refractivity contribution in [2.24, 2.45) is 0 Å². The highest BCUT2D eigenvalue weighted by Crippen LogP contribution is 2.13. The molecular weight excluding hydrogens is 226 g/mol. The smallest absolute Gasteiger partial charge is 0.239 e. The van der Waals surface area contributed by atoms with Gasteiger partial charge in [0, 0.05) is 31.3 Å². The van der Waals surface area contributed by atoms with Crippen molar-refractivity contribution in [1.29, 1.82) is 0 Å². The molecule has 5 heteroatoms. The summed E-state index contributed by atoms with van der Waals surface area (Å²) in [5.41, 5.74) is 0.342. The zero-order valence-electron chi connectivity index (χ0n) is 9.54. The van der Waals surface area contributed by atoms with Crippen molar-refractivity contribution >= 4 is 5.91 Å². The molecule has 1 atom stereocenters. The number of nitrogens with one attached hydrogen (secondary N) is 1. The molecule has 0 bridgehead atoms. The van der Waals surface area contributed by atoms with E-state index in [0.717, 1.165) is 6.07 Å². The van der Waals surface area contributed by atoms with Crippen molar-refractivity contribution in [3.8, 4) is 0 Å². The quantitative estimate of drug-likeness (QED) is 0.844. The van der Waals surface area contributed by atoms with Crippen LogP contribution in [0.25, 0.3) is 0 Å². The Morgan fingerprint density at radius 3 is 2.94 bits per heavy atom. The fraction of sp³-hybridized carbons (Fsp3) is 0.417. The Morgan fingerprint density at radius 2 is 2.24 bits per heavy atom. The molecule has 1 aromatic carbocycles. The van der Waals surface area contributed by atoms with E-state index in [1.54, 1.807) is 11.8 Å². The minimum atomic E-state index is -0.607. The van der Waals surface area contributed by atoms with Crippen LogP contribution in [0.15, 0.2) is 18.2 Å². The Kier molecular flexibility index (Phi) is 3.38. The molecule has 3 nitrogen and oxygen atoms in total. The van der Waals surface area contributed by atoms with Gasteiger partial charge in [0.05, 0.1) is 6.04 Å². The molecule has 1 amide bonds. The maximum Gasteiger partial charge on any atom is 0.239 e. The van der Waals surface area contributed by atoms with E-state index < -0.39 is 11.6 Å². The van der Waals surface area contributed by atoms with Crippen LogP contribution in [0, 0.1) is 11.6 Å². The number of benzene rings is 1. The van der Waals surface area contributed by atoms with Crippen molar-refractivity contribution in [2.75, 3.05) is 13.1 Å². The summed E-state index contributed by atoms with van der Waals surface area (Å²) in [6, 6.07) is 3.18. The van der Waals surface area contributed by atoms with Gasteiger partial charge in [-0.25, -0.2) is 8.78 Å². The third-order valence-electron chi connectivity index (χ3n) is 2.89. The summed E-state index contributed by atoms with van der Waals surface area (Å²) in [7, 11) is 0. The third-order valence-corrected chi connectivity index (χ3v) is 2.89. The molecule has 0 aromatic heterocycles. The van der Waals surface area contributed by atoms with Gasteiger partial charge in [-0.3, -0.25) is 4.79 Å². The Bertz CT molecular complexity index is 437. The second-order valence-electron chi connectivity index (χ2n) is 4.17. The summed E-state index contributed by atoms with van der Waals surface area (Å²) < 4.78 is 26.2. The Labute approximate surface area is 98.4 Å². The first kappa shape index (κ1) is 12.0. The van der Waals surface area contributed by atoms with Gasteiger partial charge in [-0.2, -0.15) is 0 Å². The number of amides is 1. The predicted octanol–water partition coefficient (Wildman–Crippen LogP) is 1.29. The summed E-state index contributed by atoms with van der Waals surface area (Å²) in [6.07, 6.45) is 0. The lowest BCUT2D eigenvalue weighted by atomic mass is 10.1. The average molecular weight is 240 g/mol. The summed E-state index contributed by atoms with van der Waals surface area (Å²) in [5.74, 6) is -1.27. The van der Waals surface area contributed by atoms with Gasteiger partial charge in [-0.15, -0.1) is 0 Å². The molecule has 92 valence electrons. The number of hydrogen-bond donors (Lipinski definition) is 1. The molecule has 1 aliphatic rings. The van der Waals surface area contributed by atoms with Crippen LogP contribution in [0.3, 0.4) is 0 Å². The lowest BCUT2D eigenvalue weighted by Crippen LogP contribution is -2.53. The molecule has 0 radical (unpaired) electrons. The molecular formula is C12H14F2N2O. The second-order valence-corrected chi connectivity index (χ2v) is 4.17. The van der Waals surface area contributed by atoms with Crippen molar-refractivity contribution in [1.82, 2.24) is 10.2 Å². The highest BCUT2D eigenvalue weighted by atomic mass is 19.1. The number of carbonyl (C=O) groups excluding carboxylic acids is 1. The van der Waals surface area contributed by atoms with E-state index in [2.05, 4.69) is 5.32 Å². The Hall–Kier alpha value is -1.49. The van der Waals surface area contributed by atoms with Crippen LogP contribution in [-0.2, 0) is 11.3 Å². The number of nitrogens with zero attached hydrogens (tertiary/aromatic N) is 1. The van der Waals surface area contributed by atoms with Crippen LogP contribution in [0.5, 0.6) is 0 Å². The molecule has 0 spiro atoms. The van der Waals surface area contributed by atoms with Crippen LogP contribution >= 0.6 is 0 Å². The molecule has 1 saturated heterocycles. The average Bonchev–Trinajstić information content (AvgIpc) is 2.28. The highest BCUT2D eigenvalue weighted by molar-refractivity contribution is 5.82. The Balaban J connectivity index is 2.12. The van der Waals surface area contributed by atoms with Crippen LogP contribution in [-0.4, -0.2) is 29.9 Å². The Morgan fingerprint density at radius 1 is 1.47 bits per heavy atom. The fourth-order valence-corrected chi connectivity index (χ4v) is 1.90.